The minimum Gasteiger partial charge on any atom is -0.658 e. The molecule has 20 heteroatoms. The third kappa shape index (κ3) is 23.2. The Balaban J connectivity index is 0.000000179. The second kappa shape index (κ2) is 43.2. The molecule has 0 spiro atoms. The van der Waals surface area contributed by atoms with E-state index in [0.717, 1.165) is 97.6 Å². The normalized spacial score (nSPS) is 10.6. The monoisotopic (exact) mass is 2290 g/mol. The van der Waals surface area contributed by atoms with Gasteiger partial charge >= 0.3 is 84.3 Å². The van der Waals surface area contributed by atoms with E-state index in [0.29, 0.717) is 56.7 Å². The van der Waals surface area contributed by atoms with Gasteiger partial charge in [0, 0.05) is 79.4 Å². The molecule has 8 aromatic carbocycles. The maximum atomic E-state index is 14.2. The van der Waals surface area contributed by atoms with Crippen LogP contribution in [-0.2, 0) is 95.1 Å². The van der Waals surface area contributed by atoms with Crippen LogP contribution in [0, 0.1) is 59.9 Å². The average molecular weight is 2290 g/mol. The van der Waals surface area contributed by atoms with Gasteiger partial charge in [0.1, 0.15) is 0 Å². The molecule has 0 aliphatic heterocycles. The van der Waals surface area contributed by atoms with Crippen molar-refractivity contribution in [2.45, 2.75) is 58.3 Å². The van der Waals surface area contributed by atoms with E-state index in [1.165, 1.54) is 13.8 Å². The van der Waals surface area contributed by atoms with E-state index >= 15 is 0 Å². The zero-order valence-electron chi connectivity index (χ0n) is 64.7. The molecule has 0 saturated heterocycles. The fourth-order valence-corrected chi connectivity index (χ4v) is 12.6. The van der Waals surface area contributed by atoms with Crippen molar-refractivity contribution in [3.05, 3.63) is 443 Å². The maximum absolute atomic E-state index is 14.2. The SMILES string of the molecule is CC(=O)c1ccccc1[N-]c1ccccc1[N-]c1ccccc1C(C)=O.CC(C)(c1cccc(-c2[c-]cc(F)cc2F)n1)c1cccc(-c2[c-]cc(F)cc2F)n1.CC(C)(c1cccc(-c2[c-]nccc2)n1)c1cccc(-c2[c-]nccc2)n1.[Pt+2].[Pt+2].[Pt+2].[Pt+2].[c-]1ccccc1-c1cccc(C(c2ccccc2)c2cccc(-c3[c-]cccc3)n2)n1. The second-order valence-electron chi connectivity index (χ2n) is 27.4. The van der Waals surface area contributed by atoms with Crippen molar-refractivity contribution in [2.75, 3.05) is 0 Å². The molecule has 0 aliphatic rings. The van der Waals surface area contributed by atoms with E-state index < -0.39 is 28.7 Å². The molecule has 16 aromatic rings. The molecule has 0 aliphatic carbocycles. The van der Waals surface area contributed by atoms with Gasteiger partial charge in [-0.1, -0.05) is 212 Å². The van der Waals surface area contributed by atoms with Gasteiger partial charge in [0.25, 0.3) is 0 Å². The van der Waals surface area contributed by atoms with Crippen molar-refractivity contribution in [2.24, 2.45) is 0 Å². The first-order chi connectivity index (χ1) is 55.8. The van der Waals surface area contributed by atoms with Gasteiger partial charge in [-0.15, -0.1) is 143 Å². The molecule has 16 rings (SSSR count). The van der Waals surface area contributed by atoms with Crippen LogP contribution in [0.1, 0.15) is 108 Å². The quantitative estimate of drug-likeness (QED) is 0.0432. The zero-order chi connectivity index (χ0) is 80.3. The van der Waals surface area contributed by atoms with E-state index in [1.54, 1.807) is 73.1 Å². The number of nitrogens with zero attached hydrogens (tertiary/aromatic N) is 10. The molecule has 0 N–H and O–H groups in total. The number of pyridine rings is 8. The number of halogens is 4. The summed E-state index contributed by atoms with van der Waals surface area (Å²) in [6.07, 6.45) is 9.41. The van der Waals surface area contributed by atoms with Gasteiger partial charge in [-0.05, 0) is 130 Å². The third-order valence-corrected chi connectivity index (χ3v) is 18.7. The topological polar surface area (TPSA) is 165 Å². The number of carbonyl (C=O) groups is 2. The Labute approximate surface area is 748 Å². The number of hydrogen-bond donors (Lipinski definition) is 0. The summed E-state index contributed by atoms with van der Waals surface area (Å²) in [6.45, 7) is 11.1. The first-order valence-electron chi connectivity index (χ1n) is 36.8. The number of ketones is 2. The fourth-order valence-electron chi connectivity index (χ4n) is 12.6. The number of Topliss-reactive ketones (excluding diaryl/α,β-unsaturated/α-hetero) is 2. The summed E-state index contributed by atoms with van der Waals surface area (Å²) in [6, 6.07) is 106. The molecule has 119 heavy (non-hydrogen) atoms. The van der Waals surface area contributed by atoms with Gasteiger partial charge in [-0.2, -0.15) is 11.4 Å². The number of benzene rings is 8. The van der Waals surface area contributed by atoms with Gasteiger partial charge in [-0.25, -0.2) is 0 Å². The van der Waals surface area contributed by atoms with Gasteiger partial charge in [0.05, 0.1) is 5.92 Å². The Morgan fingerprint density at radius 3 is 1.02 bits per heavy atom. The molecule has 0 fully saturated rings. The molecule has 8 heterocycles. The Bertz CT molecular complexity index is 5700. The summed E-state index contributed by atoms with van der Waals surface area (Å²) in [5.41, 5.74) is 16.6. The van der Waals surface area contributed by atoms with E-state index in [4.69, 9.17) is 19.9 Å². The molecule has 12 nitrogen and oxygen atoms in total. The Morgan fingerprint density at radius 2 is 0.664 bits per heavy atom. The van der Waals surface area contributed by atoms with Gasteiger partial charge < -0.3 is 50.5 Å². The fraction of sp³-hybridized carbons (Fsp3) is 0.0909. The smallest absolute Gasteiger partial charge is 0.658 e. The summed E-state index contributed by atoms with van der Waals surface area (Å²) >= 11 is 0. The average Bonchev–Trinajstić information content (AvgIpc) is 0.787. The minimum absolute atomic E-state index is 0. The summed E-state index contributed by atoms with van der Waals surface area (Å²) in [7, 11) is 0. The zero-order valence-corrected chi connectivity index (χ0v) is 73.8. The van der Waals surface area contributed by atoms with Crippen molar-refractivity contribution in [3.8, 4) is 67.5 Å². The predicted molar refractivity (Wildman–Crippen MR) is 443 cm³/mol. The Hall–Kier alpha value is -11.6. The van der Waals surface area contributed by atoms with Crippen LogP contribution in [0.5, 0.6) is 0 Å². The Kier molecular flexibility index (Phi) is 33.1. The van der Waals surface area contributed by atoms with Crippen LogP contribution in [0.2, 0.25) is 0 Å². The predicted octanol–water partition coefficient (Wildman–Crippen LogP) is 24.2. The number of para-hydroxylation sites is 4. The van der Waals surface area contributed by atoms with Crippen LogP contribution in [-0.4, -0.2) is 51.4 Å². The van der Waals surface area contributed by atoms with Crippen LogP contribution in [0.4, 0.5) is 40.3 Å². The third-order valence-electron chi connectivity index (χ3n) is 18.7. The summed E-state index contributed by atoms with van der Waals surface area (Å²) in [4.78, 5) is 60.7. The molecule has 0 amide bonds. The van der Waals surface area contributed by atoms with E-state index in [9.17, 15) is 27.2 Å². The number of carbonyl (C=O) groups excluding carboxylic acids is 2. The summed E-state index contributed by atoms with van der Waals surface area (Å²) < 4.78 is 54.9. The van der Waals surface area contributed by atoms with Gasteiger partial charge in [0.2, 0.25) is 0 Å². The van der Waals surface area contributed by atoms with Crippen molar-refractivity contribution in [1.29, 1.82) is 0 Å². The van der Waals surface area contributed by atoms with Crippen molar-refractivity contribution in [3.63, 3.8) is 0 Å². The molecule has 8 aromatic heterocycles. The van der Waals surface area contributed by atoms with Crippen LogP contribution in [0.15, 0.2) is 322 Å². The van der Waals surface area contributed by atoms with E-state index in [2.05, 4.69) is 130 Å². The first-order valence-corrected chi connectivity index (χ1v) is 36.8. The second-order valence-corrected chi connectivity index (χ2v) is 27.4. The summed E-state index contributed by atoms with van der Waals surface area (Å²) in [5, 5.41) is 9.27. The molecular formula is C99H72F4N10O2Pt4. The summed E-state index contributed by atoms with van der Waals surface area (Å²) in [5.74, 6) is -3.11. The largest absolute Gasteiger partial charge is 2.00 e. The molecule has 0 unspecified atom stereocenters. The minimum atomic E-state index is -0.759. The molecule has 0 atom stereocenters. The van der Waals surface area contributed by atoms with Gasteiger partial charge in [0.15, 0.2) is 11.6 Å². The van der Waals surface area contributed by atoms with Crippen molar-refractivity contribution in [1.82, 2.24) is 39.9 Å². The molecule has 598 valence electrons. The van der Waals surface area contributed by atoms with Crippen molar-refractivity contribution >= 4 is 34.3 Å². The van der Waals surface area contributed by atoms with E-state index in [1.807, 2.05) is 190 Å². The van der Waals surface area contributed by atoms with Crippen molar-refractivity contribution < 1.29 is 111 Å². The number of aromatic nitrogens is 8. The van der Waals surface area contributed by atoms with E-state index in [-0.39, 0.29) is 118 Å². The Morgan fingerprint density at radius 1 is 0.336 bits per heavy atom. The first kappa shape index (κ1) is 91.3. The van der Waals surface area contributed by atoms with Crippen LogP contribution in [0.25, 0.3) is 78.2 Å². The van der Waals surface area contributed by atoms with Crippen LogP contribution in [0.3, 0.4) is 0 Å². The molecule has 0 saturated carbocycles. The standard InChI is InChI=1S/C29H20N2.C25H16F4N2.C23H18N4.C22H20N2O2.4Pt/c1-4-12-22(13-5-1)25-18-10-20-27(30-25)29(24-16-8-3-9-17-24)28-21-11-19-26(31-28)23-14-6-2-7-15-23;1-25(2,23-7-3-5-21(30-23)17-11-9-15(26)13-19(17)28)24-8-4-6-22(31-24)18-12-10-16(27)14-20(18)29;1-23(2,21-11-3-9-19(26-21)17-7-5-13-24-15-17)22-12-4-10-20(27-22)18-8-6-14-25-16-18;1-15(25)17-9-3-5-11-19(17)23-21-13-7-8-14-22(21)24-20-12-6-4-10-18(20)16(2)26;;;;/h1-12,14,16-21,29H;3-10,13-14H,1-2H3;3-14H,1-2H3;3-14H,1-2H3,(H2,23,24,25,26);;;;/q3*-2;;4*+2/p-2. The molecular weight excluding hydrogens is 2220 g/mol. The number of hydrogen-bond acceptors (Lipinski definition) is 10. The van der Waals surface area contributed by atoms with Crippen LogP contribution >= 0.6 is 0 Å². The maximum Gasteiger partial charge on any atom is 2.00 e. The van der Waals surface area contributed by atoms with Crippen LogP contribution < -0.4 is 0 Å². The number of rotatable bonds is 19. The molecule has 0 radical (unpaired) electrons. The molecule has 0 bridgehead atoms. The van der Waals surface area contributed by atoms with Gasteiger partial charge in [-0.3, -0.25) is 27.2 Å².